The van der Waals surface area contributed by atoms with Crippen molar-refractivity contribution in [3.8, 4) is 6.07 Å². The molecular formula is C26H23N5O2. The standard InChI is InChI=1S/C26H23N5O2/c27-15-8-16-29-23(32)20-10-7-9-19(17-20)18-31-24(33)26(30-25(31)28,21-11-3-1-4-12-21)22-13-5-2-6-14-22/h1-7,9-14,17H,8,16,18H2,(H2,28,30)(H,29,32). The quantitative estimate of drug-likeness (QED) is 0.493. The molecule has 1 aliphatic rings. The molecule has 0 saturated carbocycles. The van der Waals surface area contributed by atoms with Crippen LogP contribution in [0.2, 0.25) is 0 Å². The molecule has 164 valence electrons. The number of amides is 2. The lowest BCUT2D eigenvalue weighted by molar-refractivity contribution is -0.130. The molecule has 1 fully saturated rings. The molecule has 3 N–H and O–H groups in total. The number of carbonyl (C=O) groups excluding carboxylic acids is 2. The summed E-state index contributed by atoms with van der Waals surface area (Å²) < 4.78 is 0. The molecule has 0 unspecified atom stereocenters. The third-order valence-electron chi connectivity index (χ3n) is 5.61. The van der Waals surface area contributed by atoms with Crippen molar-refractivity contribution in [2.45, 2.75) is 18.5 Å². The Labute approximate surface area is 192 Å². The van der Waals surface area contributed by atoms with Crippen molar-refractivity contribution in [1.29, 1.82) is 10.7 Å². The average molecular weight is 438 g/mol. The van der Waals surface area contributed by atoms with Crippen LogP contribution in [0.5, 0.6) is 0 Å². The molecule has 3 aromatic rings. The fraction of sp³-hybridized carbons (Fsp3) is 0.154. The highest BCUT2D eigenvalue weighted by molar-refractivity contribution is 6.10. The van der Waals surface area contributed by atoms with Crippen molar-refractivity contribution in [3.63, 3.8) is 0 Å². The predicted molar refractivity (Wildman–Crippen MR) is 124 cm³/mol. The molecule has 4 rings (SSSR count). The van der Waals surface area contributed by atoms with E-state index in [2.05, 4.69) is 10.6 Å². The van der Waals surface area contributed by atoms with Crippen molar-refractivity contribution in [3.05, 3.63) is 107 Å². The molecule has 0 aromatic heterocycles. The van der Waals surface area contributed by atoms with Crippen LogP contribution in [-0.4, -0.2) is 29.2 Å². The number of nitrogens with zero attached hydrogens (tertiary/aromatic N) is 2. The van der Waals surface area contributed by atoms with E-state index in [0.29, 0.717) is 5.56 Å². The number of hydrogen-bond donors (Lipinski definition) is 3. The lowest BCUT2D eigenvalue weighted by atomic mass is 9.82. The second-order valence-corrected chi connectivity index (χ2v) is 7.71. The Bertz CT molecular complexity index is 1180. The molecule has 1 saturated heterocycles. The van der Waals surface area contributed by atoms with E-state index in [1.807, 2.05) is 72.8 Å². The van der Waals surface area contributed by atoms with Crippen LogP contribution in [0, 0.1) is 16.7 Å². The normalized spacial score (nSPS) is 14.5. The fourth-order valence-corrected chi connectivity index (χ4v) is 4.02. The number of benzene rings is 3. The molecule has 2 amide bonds. The van der Waals surface area contributed by atoms with Gasteiger partial charge in [-0.2, -0.15) is 5.26 Å². The summed E-state index contributed by atoms with van der Waals surface area (Å²) >= 11 is 0. The summed E-state index contributed by atoms with van der Waals surface area (Å²) in [7, 11) is 0. The second kappa shape index (κ2) is 9.37. The summed E-state index contributed by atoms with van der Waals surface area (Å²) in [6.07, 6.45) is 0.234. The molecule has 0 atom stereocenters. The number of nitriles is 1. The van der Waals surface area contributed by atoms with Crippen molar-refractivity contribution >= 4 is 17.8 Å². The molecule has 33 heavy (non-hydrogen) atoms. The second-order valence-electron chi connectivity index (χ2n) is 7.71. The van der Waals surface area contributed by atoms with Gasteiger partial charge in [-0.25, -0.2) is 0 Å². The first-order valence-corrected chi connectivity index (χ1v) is 10.6. The molecular weight excluding hydrogens is 414 g/mol. The van der Waals surface area contributed by atoms with E-state index in [9.17, 15) is 9.59 Å². The smallest absolute Gasteiger partial charge is 0.264 e. The van der Waals surface area contributed by atoms with Crippen molar-refractivity contribution in [2.75, 3.05) is 6.54 Å². The van der Waals surface area contributed by atoms with Crippen molar-refractivity contribution < 1.29 is 9.59 Å². The topological polar surface area (TPSA) is 109 Å². The van der Waals surface area contributed by atoms with Crippen LogP contribution in [0.25, 0.3) is 0 Å². The molecule has 0 spiro atoms. The van der Waals surface area contributed by atoms with E-state index in [0.717, 1.165) is 16.7 Å². The van der Waals surface area contributed by atoms with E-state index < -0.39 is 5.54 Å². The summed E-state index contributed by atoms with van der Waals surface area (Å²) in [6.45, 7) is 0.417. The van der Waals surface area contributed by atoms with Crippen LogP contribution in [0.4, 0.5) is 0 Å². The van der Waals surface area contributed by atoms with Gasteiger partial charge in [0.05, 0.1) is 19.0 Å². The summed E-state index contributed by atoms with van der Waals surface area (Å²) in [6, 6.07) is 27.7. The minimum Gasteiger partial charge on any atom is -0.351 e. The first-order chi connectivity index (χ1) is 16.1. The Kier molecular flexibility index (Phi) is 6.18. The summed E-state index contributed by atoms with van der Waals surface area (Å²) in [4.78, 5) is 27.6. The van der Waals surface area contributed by atoms with Gasteiger partial charge in [0.1, 0.15) is 0 Å². The maximum Gasteiger partial charge on any atom is 0.264 e. The molecule has 1 aliphatic heterocycles. The average Bonchev–Trinajstić information content (AvgIpc) is 3.11. The number of rotatable bonds is 7. The van der Waals surface area contributed by atoms with E-state index in [1.165, 1.54) is 4.90 Å². The monoisotopic (exact) mass is 437 g/mol. The summed E-state index contributed by atoms with van der Waals surface area (Å²) in [5.41, 5.74) is 1.46. The third-order valence-corrected chi connectivity index (χ3v) is 5.61. The van der Waals surface area contributed by atoms with Gasteiger partial charge in [-0.1, -0.05) is 72.8 Å². The first-order valence-electron chi connectivity index (χ1n) is 10.6. The van der Waals surface area contributed by atoms with Gasteiger partial charge in [-0.3, -0.25) is 19.9 Å². The Balaban J connectivity index is 1.64. The van der Waals surface area contributed by atoms with E-state index in [4.69, 9.17) is 10.7 Å². The minimum absolute atomic E-state index is 0.00317. The van der Waals surface area contributed by atoms with Crippen LogP contribution in [-0.2, 0) is 16.9 Å². The van der Waals surface area contributed by atoms with E-state index in [-0.39, 0.29) is 37.3 Å². The lowest BCUT2D eigenvalue weighted by Gasteiger charge is -2.28. The highest BCUT2D eigenvalue weighted by Gasteiger charge is 2.52. The maximum atomic E-state index is 13.8. The molecule has 1 heterocycles. The summed E-state index contributed by atoms with van der Waals surface area (Å²) in [5, 5.41) is 23.1. The molecule has 0 aliphatic carbocycles. The van der Waals surface area contributed by atoms with Crippen LogP contribution >= 0.6 is 0 Å². The van der Waals surface area contributed by atoms with Gasteiger partial charge in [-0.15, -0.1) is 0 Å². The number of hydrogen-bond acceptors (Lipinski definition) is 4. The third kappa shape index (κ3) is 4.19. The van der Waals surface area contributed by atoms with Gasteiger partial charge in [0.25, 0.3) is 11.8 Å². The number of nitrogens with one attached hydrogen (secondary N) is 3. The zero-order valence-electron chi connectivity index (χ0n) is 17.9. The zero-order chi connectivity index (χ0) is 23.3. The highest BCUT2D eigenvalue weighted by atomic mass is 16.2. The van der Waals surface area contributed by atoms with Crippen molar-refractivity contribution in [2.24, 2.45) is 0 Å². The molecule has 7 nitrogen and oxygen atoms in total. The number of guanidine groups is 1. The first kappa shape index (κ1) is 21.8. The number of carbonyl (C=O) groups is 2. The highest BCUT2D eigenvalue weighted by Crippen LogP contribution is 2.36. The van der Waals surface area contributed by atoms with Crippen LogP contribution in [0.15, 0.2) is 84.9 Å². The van der Waals surface area contributed by atoms with Gasteiger partial charge >= 0.3 is 0 Å². The van der Waals surface area contributed by atoms with Crippen LogP contribution < -0.4 is 10.6 Å². The van der Waals surface area contributed by atoms with Crippen LogP contribution in [0.3, 0.4) is 0 Å². The zero-order valence-corrected chi connectivity index (χ0v) is 17.9. The molecule has 3 aromatic carbocycles. The van der Waals surface area contributed by atoms with Gasteiger partial charge in [0, 0.05) is 12.1 Å². The van der Waals surface area contributed by atoms with Gasteiger partial charge in [-0.05, 0) is 28.8 Å². The lowest BCUT2D eigenvalue weighted by Crippen LogP contribution is -2.45. The maximum absolute atomic E-state index is 13.8. The Morgan fingerprint density at radius 1 is 1.00 bits per heavy atom. The van der Waals surface area contributed by atoms with Gasteiger partial charge in [0.2, 0.25) is 0 Å². The SMILES string of the molecule is N#CCCNC(=O)c1cccc(CN2C(=N)NC(c3ccccc3)(c3ccccc3)C2=O)c1. The Morgan fingerprint density at radius 3 is 2.24 bits per heavy atom. The predicted octanol–water partition coefficient (Wildman–Crippen LogP) is 3.14. The van der Waals surface area contributed by atoms with Crippen molar-refractivity contribution in [1.82, 2.24) is 15.5 Å². The molecule has 7 heteroatoms. The van der Waals surface area contributed by atoms with E-state index in [1.54, 1.807) is 18.2 Å². The van der Waals surface area contributed by atoms with E-state index >= 15 is 0 Å². The molecule has 0 bridgehead atoms. The Hall–Kier alpha value is -4.44. The molecule has 0 radical (unpaired) electrons. The summed E-state index contributed by atoms with van der Waals surface area (Å²) in [5.74, 6) is -0.540. The van der Waals surface area contributed by atoms with Gasteiger partial charge < -0.3 is 10.6 Å². The largest absolute Gasteiger partial charge is 0.351 e. The fourth-order valence-electron chi connectivity index (χ4n) is 4.02. The minimum atomic E-state index is -1.20. The van der Waals surface area contributed by atoms with Gasteiger partial charge in [0.15, 0.2) is 11.5 Å². The Morgan fingerprint density at radius 2 is 1.64 bits per heavy atom. The van der Waals surface area contributed by atoms with Crippen LogP contribution in [0.1, 0.15) is 33.5 Å².